The molecule has 0 aliphatic heterocycles. The van der Waals surface area contributed by atoms with Crippen molar-refractivity contribution in [2.75, 3.05) is 20.8 Å². The molecule has 1 atom stereocenters. The first-order chi connectivity index (χ1) is 8.11. The lowest BCUT2D eigenvalue weighted by molar-refractivity contribution is 0.154. The summed E-state index contributed by atoms with van der Waals surface area (Å²) in [7, 11) is 3.08. The van der Waals surface area contributed by atoms with E-state index in [-0.39, 0.29) is 6.54 Å². The molecule has 1 aromatic carbocycles. The average molecular weight is 241 g/mol. The monoisotopic (exact) mass is 241 g/mol. The number of hydrogen-bond acceptors (Lipinski definition) is 3. The van der Waals surface area contributed by atoms with Crippen molar-refractivity contribution in [3.63, 3.8) is 0 Å². The van der Waals surface area contributed by atoms with Crippen LogP contribution in [-0.4, -0.2) is 20.8 Å². The largest absolute Gasteiger partial charge is 0.497 e. The van der Waals surface area contributed by atoms with Gasteiger partial charge in [-0.3, -0.25) is 0 Å². The smallest absolute Gasteiger partial charge is 0.151 e. The molecule has 0 fully saturated rings. The number of ether oxygens (including phenoxy) is 2. The minimum Gasteiger partial charge on any atom is -0.497 e. The van der Waals surface area contributed by atoms with Crippen LogP contribution in [0.5, 0.6) is 11.5 Å². The van der Waals surface area contributed by atoms with Crippen LogP contribution in [0.25, 0.3) is 0 Å². The second-order valence-electron chi connectivity index (χ2n) is 3.99. The van der Waals surface area contributed by atoms with E-state index in [9.17, 15) is 4.39 Å². The van der Waals surface area contributed by atoms with Crippen LogP contribution in [0.4, 0.5) is 4.39 Å². The van der Waals surface area contributed by atoms with Crippen molar-refractivity contribution in [2.45, 2.75) is 25.4 Å². The van der Waals surface area contributed by atoms with Crippen LogP contribution in [0, 0.1) is 0 Å². The van der Waals surface area contributed by atoms with Crippen molar-refractivity contribution in [1.82, 2.24) is 0 Å². The maximum atomic E-state index is 14.7. The molecule has 0 amide bonds. The Labute approximate surface area is 102 Å². The molecule has 0 aliphatic rings. The van der Waals surface area contributed by atoms with Gasteiger partial charge in [0.05, 0.1) is 14.2 Å². The Morgan fingerprint density at radius 1 is 1.29 bits per heavy atom. The van der Waals surface area contributed by atoms with E-state index >= 15 is 0 Å². The predicted octanol–water partition coefficient (Wildman–Crippen LogP) is 2.63. The average Bonchev–Trinajstić information content (AvgIpc) is 2.38. The van der Waals surface area contributed by atoms with Gasteiger partial charge in [0.1, 0.15) is 11.5 Å². The van der Waals surface area contributed by atoms with E-state index in [1.165, 1.54) is 7.11 Å². The summed E-state index contributed by atoms with van der Waals surface area (Å²) >= 11 is 0. The number of benzene rings is 1. The summed E-state index contributed by atoms with van der Waals surface area (Å²) in [5.41, 5.74) is 4.51. The quantitative estimate of drug-likeness (QED) is 0.832. The zero-order chi connectivity index (χ0) is 12.9. The molecule has 0 bridgehead atoms. The van der Waals surface area contributed by atoms with Crippen molar-refractivity contribution in [3.05, 3.63) is 23.8 Å². The van der Waals surface area contributed by atoms with E-state index < -0.39 is 5.67 Å². The Morgan fingerprint density at radius 3 is 2.47 bits per heavy atom. The summed E-state index contributed by atoms with van der Waals surface area (Å²) < 4.78 is 25.0. The standard InChI is InChI=1S/C13H20FNO2/c1-4-7-13(14,9-15)11-6-5-10(16-2)8-12(11)17-3/h5-6,8H,4,7,9,15H2,1-3H3. The van der Waals surface area contributed by atoms with Crippen LogP contribution in [-0.2, 0) is 5.67 Å². The molecule has 1 aromatic rings. The molecule has 4 heteroatoms. The predicted molar refractivity (Wildman–Crippen MR) is 66.3 cm³/mol. The fourth-order valence-corrected chi connectivity index (χ4v) is 1.91. The Morgan fingerprint density at radius 2 is 2.00 bits per heavy atom. The van der Waals surface area contributed by atoms with Crippen LogP contribution in [0.15, 0.2) is 18.2 Å². The summed E-state index contributed by atoms with van der Waals surface area (Å²) in [6.07, 6.45) is 1.11. The minimum atomic E-state index is -1.54. The van der Waals surface area contributed by atoms with Crippen molar-refractivity contribution >= 4 is 0 Å². The molecule has 3 nitrogen and oxygen atoms in total. The van der Waals surface area contributed by atoms with Gasteiger partial charge in [-0.2, -0.15) is 0 Å². The van der Waals surface area contributed by atoms with Gasteiger partial charge in [-0.15, -0.1) is 0 Å². The summed E-state index contributed by atoms with van der Waals surface area (Å²) in [6, 6.07) is 5.08. The zero-order valence-electron chi connectivity index (χ0n) is 10.6. The maximum Gasteiger partial charge on any atom is 0.151 e. The van der Waals surface area contributed by atoms with E-state index in [4.69, 9.17) is 15.2 Å². The molecule has 0 heterocycles. The summed E-state index contributed by atoms with van der Waals surface area (Å²) in [5, 5.41) is 0. The Hall–Kier alpha value is -1.29. The van der Waals surface area contributed by atoms with E-state index in [0.717, 1.165) is 6.42 Å². The molecule has 96 valence electrons. The summed E-state index contributed by atoms with van der Waals surface area (Å²) in [6.45, 7) is 1.88. The highest BCUT2D eigenvalue weighted by molar-refractivity contribution is 5.44. The first-order valence-corrected chi connectivity index (χ1v) is 5.72. The van der Waals surface area contributed by atoms with Gasteiger partial charge in [0.25, 0.3) is 0 Å². The third kappa shape index (κ3) is 2.88. The molecule has 0 saturated carbocycles. The fraction of sp³-hybridized carbons (Fsp3) is 0.538. The molecule has 0 saturated heterocycles. The van der Waals surface area contributed by atoms with Crippen molar-refractivity contribution in [1.29, 1.82) is 0 Å². The van der Waals surface area contributed by atoms with Crippen LogP contribution >= 0.6 is 0 Å². The Bertz CT molecular complexity index is 370. The lowest BCUT2D eigenvalue weighted by atomic mass is 9.90. The molecule has 0 spiro atoms. The van der Waals surface area contributed by atoms with Gasteiger partial charge >= 0.3 is 0 Å². The minimum absolute atomic E-state index is 0.0521. The van der Waals surface area contributed by atoms with Gasteiger partial charge in [-0.1, -0.05) is 13.3 Å². The van der Waals surface area contributed by atoms with Crippen molar-refractivity contribution in [2.24, 2.45) is 5.73 Å². The van der Waals surface area contributed by atoms with Crippen LogP contribution < -0.4 is 15.2 Å². The van der Waals surface area contributed by atoms with E-state index in [1.807, 2.05) is 6.92 Å². The van der Waals surface area contributed by atoms with Crippen LogP contribution in [0.2, 0.25) is 0 Å². The third-order valence-electron chi connectivity index (χ3n) is 2.86. The number of hydrogen-bond donors (Lipinski definition) is 1. The van der Waals surface area contributed by atoms with Gasteiger partial charge < -0.3 is 15.2 Å². The molecule has 0 aromatic heterocycles. The number of alkyl halides is 1. The Kier molecular flexibility index (Phi) is 4.75. The summed E-state index contributed by atoms with van der Waals surface area (Å²) in [4.78, 5) is 0. The normalized spacial score (nSPS) is 14.2. The van der Waals surface area contributed by atoms with Crippen LogP contribution in [0.1, 0.15) is 25.3 Å². The fourth-order valence-electron chi connectivity index (χ4n) is 1.91. The molecule has 17 heavy (non-hydrogen) atoms. The van der Waals surface area contributed by atoms with Gasteiger partial charge in [-0.25, -0.2) is 4.39 Å². The molecular formula is C13H20FNO2. The number of halogens is 1. The molecule has 0 aliphatic carbocycles. The van der Waals surface area contributed by atoms with Crippen molar-refractivity contribution < 1.29 is 13.9 Å². The highest BCUT2D eigenvalue weighted by Crippen LogP contribution is 2.38. The van der Waals surface area contributed by atoms with E-state index in [0.29, 0.717) is 23.5 Å². The lowest BCUT2D eigenvalue weighted by Crippen LogP contribution is -2.30. The van der Waals surface area contributed by atoms with E-state index in [2.05, 4.69) is 0 Å². The maximum absolute atomic E-state index is 14.7. The molecular weight excluding hydrogens is 221 g/mol. The third-order valence-corrected chi connectivity index (χ3v) is 2.86. The SMILES string of the molecule is CCCC(F)(CN)c1ccc(OC)cc1OC. The van der Waals surface area contributed by atoms with Crippen LogP contribution in [0.3, 0.4) is 0 Å². The first-order valence-electron chi connectivity index (χ1n) is 5.72. The van der Waals surface area contributed by atoms with Gasteiger partial charge in [-0.05, 0) is 18.6 Å². The number of methoxy groups -OCH3 is 2. The molecule has 2 N–H and O–H groups in total. The van der Waals surface area contributed by atoms with Gasteiger partial charge in [0, 0.05) is 18.2 Å². The second kappa shape index (κ2) is 5.87. The zero-order valence-corrected chi connectivity index (χ0v) is 10.6. The topological polar surface area (TPSA) is 44.5 Å². The Balaban J connectivity index is 3.19. The second-order valence-corrected chi connectivity index (χ2v) is 3.99. The highest BCUT2D eigenvalue weighted by atomic mass is 19.1. The molecule has 1 unspecified atom stereocenters. The number of rotatable bonds is 6. The molecule has 1 rings (SSSR count). The highest BCUT2D eigenvalue weighted by Gasteiger charge is 2.32. The van der Waals surface area contributed by atoms with Gasteiger partial charge in [0.2, 0.25) is 0 Å². The first kappa shape index (κ1) is 13.8. The van der Waals surface area contributed by atoms with E-state index in [1.54, 1.807) is 25.3 Å². The number of nitrogens with two attached hydrogens (primary N) is 1. The lowest BCUT2D eigenvalue weighted by Gasteiger charge is -2.25. The summed E-state index contributed by atoms with van der Waals surface area (Å²) in [5.74, 6) is 1.12. The van der Waals surface area contributed by atoms with Crippen molar-refractivity contribution in [3.8, 4) is 11.5 Å². The molecule has 0 radical (unpaired) electrons. The van der Waals surface area contributed by atoms with Gasteiger partial charge in [0.15, 0.2) is 5.67 Å².